The molecule has 1 N–H and O–H groups in total. The van der Waals surface area contributed by atoms with Gasteiger partial charge in [-0.15, -0.1) is 12.1 Å². The van der Waals surface area contributed by atoms with E-state index in [1.807, 2.05) is 270 Å². The fourth-order valence-corrected chi connectivity index (χ4v) is 7.10. The van der Waals surface area contributed by atoms with E-state index in [-0.39, 0.29) is 106 Å². The Kier molecular flexibility index (Phi) is 42.6. The number of halogens is 2. The summed E-state index contributed by atoms with van der Waals surface area (Å²) in [5, 5.41) is 11.3. The number of carbonyl (C=O) groups is 4. The minimum atomic E-state index is -0.710. The number of aliphatic hydroxyl groups is 1. The number of hydrogen-bond acceptors (Lipinski definition) is 14. The first-order chi connectivity index (χ1) is 42.3. The van der Waals surface area contributed by atoms with Crippen LogP contribution in [-0.2, 0) is 33.4 Å². The van der Waals surface area contributed by atoms with Gasteiger partial charge in [0, 0.05) is 27.5 Å². The van der Waals surface area contributed by atoms with Gasteiger partial charge in [-0.05, 0) is 247 Å². The summed E-state index contributed by atoms with van der Waals surface area (Å²) in [6.45, 7) is 53.8. The van der Waals surface area contributed by atoms with E-state index in [2.05, 4.69) is 35.3 Å². The van der Waals surface area contributed by atoms with Crippen LogP contribution in [-0.4, -0.2) is 116 Å². The van der Waals surface area contributed by atoms with Crippen LogP contribution in [0.2, 0.25) is 5.02 Å². The molecule has 0 unspecified atom stereocenters. The normalized spacial score (nSPS) is 10.8. The summed E-state index contributed by atoms with van der Waals surface area (Å²) in [6.07, 6.45) is -1.22. The summed E-state index contributed by atoms with van der Waals surface area (Å²) >= 11 is 5.73. The molecule has 0 saturated carbocycles. The number of benzene rings is 6. The van der Waals surface area contributed by atoms with Crippen molar-refractivity contribution in [3.05, 3.63) is 215 Å². The topological polar surface area (TPSA) is 172 Å². The quantitative estimate of drug-likeness (QED) is 0.0185. The fraction of sp³-hybridized carbons (Fsp3) is 0.403. The molecule has 6 aromatic rings. The van der Waals surface area contributed by atoms with Crippen LogP contribution in [0.4, 0.5) is 0 Å². The first-order valence-electron chi connectivity index (χ1n) is 30.2. The van der Waals surface area contributed by atoms with Crippen molar-refractivity contribution in [1.82, 2.24) is 0 Å². The number of rotatable bonds is 16. The first kappa shape index (κ1) is 92.7. The van der Waals surface area contributed by atoms with Gasteiger partial charge >= 0.3 is 64.0 Å². The van der Waals surface area contributed by atoms with Crippen molar-refractivity contribution in [2.75, 3.05) is 6.61 Å². The third kappa shape index (κ3) is 44.8. The summed E-state index contributed by atoms with van der Waals surface area (Å²) in [4.78, 5) is 42.8. The summed E-state index contributed by atoms with van der Waals surface area (Å²) in [6, 6.07) is 48.2. The second-order valence-corrected chi connectivity index (χ2v) is 27.4. The standard InChI is InChI=1S/C25H32O4.C21H28O3.C10H13ClO.C10H13O.C8H10O3.C3H6O2.ClH.2Mg.2H/c1-17(2)23(26)27-22(18-9-13-20(14-10-18)28-24(3,4)5)19-11-15-21(16-12-19)29-25(6,7)8;1-20(2,3)23-17-11-7-15(8-12-17)19(22)16-9-13-18(14-10-16)24-21(4,5)6;1-10(2,3)12-9-6-4-8(11)5-7-9;1-10(2,3)11-9-7-5-4-6-8-9;1-5(2)7(9)11-8(10)6(3)4;1-2-5-3-4;;;;;/h9-16,22H,1H2,2-8H3;7-14,19,22H,1-6H3;4-7H,1-3H3;5-8H,1-3H3;1,3H2,2,4H3;3H,2H2,1H3;1H;;;;/q;;;-1;;;;2*+2;2*-1/p-1. The number of carbonyl (C=O) groups excluding carboxylic acids is 4. The van der Waals surface area contributed by atoms with Crippen LogP contribution in [0.25, 0.3) is 0 Å². The third-order valence-electron chi connectivity index (χ3n) is 10.5. The third-order valence-corrected chi connectivity index (χ3v) is 10.7. The van der Waals surface area contributed by atoms with Crippen LogP contribution in [0.3, 0.4) is 0 Å². The molecule has 6 aromatic carbocycles. The average Bonchev–Trinajstić information content (AvgIpc) is 0.833. The molecule has 0 spiro atoms. The van der Waals surface area contributed by atoms with Crippen LogP contribution in [0.1, 0.15) is 190 Å². The van der Waals surface area contributed by atoms with Crippen molar-refractivity contribution < 1.29 is 82.2 Å². The van der Waals surface area contributed by atoms with Crippen LogP contribution >= 0.6 is 11.6 Å². The Morgan fingerprint density at radius 2 is 0.674 bits per heavy atom. The molecule has 0 saturated heterocycles. The molecule has 0 aromatic heterocycles. The number of aliphatic hydroxyl groups excluding tert-OH is 1. The molecule has 0 atom stereocenters. The Balaban J connectivity index is -0.000000372. The van der Waals surface area contributed by atoms with Gasteiger partial charge in [-0.1, -0.05) is 79.9 Å². The maximum atomic E-state index is 12.2. The molecule has 18 heteroatoms. The van der Waals surface area contributed by atoms with E-state index < -0.39 is 30.1 Å². The van der Waals surface area contributed by atoms with Gasteiger partial charge in [-0.2, -0.15) is 18.2 Å². The van der Waals surface area contributed by atoms with Gasteiger partial charge in [0.15, 0.2) is 6.10 Å². The minimum Gasteiger partial charge on any atom is -1.00 e. The summed E-state index contributed by atoms with van der Waals surface area (Å²) in [5.74, 6) is 3.03. The molecule has 95 heavy (non-hydrogen) atoms. The summed E-state index contributed by atoms with van der Waals surface area (Å²) < 4.78 is 48.8. The molecule has 14 nitrogen and oxygen atoms in total. The molecule has 0 aliphatic rings. The summed E-state index contributed by atoms with van der Waals surface area (Å²) in [5.41, 5.74) is 2.83. The Morgan fingerprint density at radius 3 is 0.884 bits per heavy atom. The molecule has 6 rings (SSSR count). The van der Waals surface area contributed by atoms with Gasteiger partial charge < -0.3 is 63.0 Å². The zero-order valence-electron chi connectivity index (χ0n) is 62.3. The number of esters is 3. The van der Waals surface area contributed by atoms with Crippen molar-refractivity contribution in [3.8, 4) is 34.5 Å². The molecular formula is C77H104Cl2Mg2O14. The van der Waals surface area contributed by atoms with Gasteiger partial charge in [0.1, 0.15) is 62.9 Å². The smallest absolute Gasteiger partial charge is 1.00 e. The Morgan fingerprint density at radius 1 is 0.442 bits per heavy atom. The maximum Gasteiger partial charge on any atom is 2.00 e. The molecule has 0 aliphatic carbocycles. The van der Waals surface area contributed by atoms with E-state index in [1.165, 1.54) is 13.8 Å². The van der Waals surface area contributed by atoms with Crippen molar-refractivity contribution in [2.45, 2.75) is 198 Å². The van der Waals surface area contributed by atoms with Crippen LogP contribution in [0, 0.1) is 6.07 Å². The van der Waals surface area contributed by atoms with Crippen molar-refractivity contribution in [2.24, 2.45) is 0 Å². The van der Waals surface area contributed by atoms with E-state index >= 15 is 0 Å². The van der Waals surface area contributed by atoms with Gasteiger partial charge in [0.25, 0.3) is 6.47 Å². The Hall–Kier alpha value is -6.51. The van der Waals surface area contributed by atoms with Crippen LogP contribution in [0.15, 0.2) is 182 Å². The van der Waals surface area contributed by atoms with E-state index in [4.69, 9.17) is 44.8 Å². The maximum absolute atomic E-state index is 12.2. The molecule has 514 valence electrons. The monoisotopic (exact) mass is 1370 g/mol. The van der Waals surface area contributed by atoms with E-state index in [0.717, 1.165) is 61.8 Å². The van der Waals surface area contributed by atoms with Crippen LogP contribution in [0.5, 0.6) is 34.5 Å². The SMILES string of the molecule is C=C(C)C(=O)OC(=O)C(=C)C.C=C(C)C(=O)OC(c1ccc(OC(C)(C)C)cc1)c1ccc(OC(C)(C)C)cc1.CC(C)(C)Oc1cc[c-]cc1.CC(C)(C)Oc1ccc(C(O)c2ccc(OC(C)(C)C)cc2)cc1.CC(C)(C)Oc1ccc(Cl)cc1.CCOC=O.[Cl-].[H-].[H-].[Mg+2].[Mg+2]. The molecular weight excluding hydrogens is 1270 g/mol. The van der Waals surface area contributed by atoms with Crippen molar-refractivity contribution >= 4 is 82.1 Å². The fourth-order valence-electron chi connectivity index (χ4n) is 6.98. The molecule has 0 bridgehead atoms. The van der Waals surface area contributed by atoms with Gasteiger partial charge in [0.2, 0.25) is 0 Å². The molecule has 0 fully saturated rings. The Bertz CT molecular complexity index is 3070. The second kappa shape index (κ2) is 43.6. The van der Waals surface area contributed by atoms with Crippen molar-refractivity contribution in [3.63, 3.8) is 0 Å². The second-order valence-electron chi connectivity index (χ2n) is 27.0. The van der Waals surface area contributed by atoms with Crippen molar-refractivity contribution in [1.29, 1.82) is 0 Å². The van der Waals surface area contributed by atoms with E-state index in [9.17, 15) is 24.3 Å². The van der Waals surface area contributed by atoms with Gasteiger partial charge in [0.05, 0.1) is 12.2 Å². The molecule has 0 heterocycles. The molecule has 0 radical (unpaired) electrons. The predicted octanol–water partition coefficient (Wildman–Crippen LogP) is 15.4. The van der Waals surface area contributed by atoms with Gasteiger partial charge in [-0.3, -0.25) is 4.79 Å². The average molecular weight is 1370 g/mol. The molecule has 0 aliphatic heterocycles. The predicted molar refractivity (Wildman–Crippen MR) is 384 cm³/mol. The molecule has 0 amide bonds. The van der Waals surface area contributed by atoms with Crippen LogP contribution < -0.4 is 40.8 Å². The first-order valence-corrected chi connectivity index (χ1v) is 30.6. The summed E-state index contributed by atoms with van der Waals surface area (Å²) in [7, 11) is 0. The van der Waals surface area contributed by atoms with Gasteiger partial charge in [-0.25, -0.2) is 14.4 Å². The largest absolute Gasteiger partial charge is 2.00 e. The Labute approximate surface area is 614 Å². The number of hydrogen-bond donors (Lipinski definition) is 1. The zero-order valence-corrected chi connectivity index (χ0v) is 64.7. The minimum absolute atomic E-state index is 0. The van der Waals surface area contributed by atoms with E-state index in [1.54, 1.807) is 13.8 Å². The number of ether oxygens (including phenoxy) is 9. The zero-order chi connectivity index (χ0) is 70.4. The van der Waals surface area contributed by atoms with E-state index in [0.29, 0.717) is 18.7 Å².